The Morgan fingerprint density at radius 2 is 1.77 bits per heavy atom. The van der Waals surface area contributed by atoms with Crippen molar-refractivity contribution < 1.29 is 19.3 Å². The van der Waals surface area contributed by atoms with Crippen LogP contribution in [0.1, 0.15) is 49.5 Å². The highest BCUT2D eigenvalue weighted by atomic mass is 32.1. The fraction of sp³-hybridized carbons (Fsp3) is 0.267. The van der Waals surface area contributed by atoms with Crippen LogP contribution in [0.5, 0.6) is 0 Å². The van der Waals surface area contributed by atoms with Gasteiger partial charge in [0.1, 0.15) is 11.0 Å². The van der Waals surface area contributed by atoms with Crippen molar-refractivity contribution in [2.75, 3.05) is 4.90 Å². The molecule has 1 aliphatic rings. The van der Waals surface area contributed by atoms with Gasteiger partial charge in [0.2, 0.25) is 5.91 Å². The summed E-state index contributed by atoms with van der Waals surface area (Å²) < 4.78 is 1.09. The SMILES string of the molecule is CCC(C)(C)N(C(=O)c1ccc([N+](=O)[O-])cc1)C1CC(=O)N(c2ccc(-c3nc4ccc(C)cc4s3)cc2)C1=O. The van der Waals surface area contributed by atoms with Gasteiger partial charge in [0.05, 0.1) is 27.2 Å². The zero-order chi connectivity index (χ0) is 28.8. The smallest absolute Gasteiger partial charge is 0.269 e. The number of non-ortho nitro benzene ring substituents is 1. The Morgan fingerprint density at radius 1 is 1.10 bits per heavy atom. The minimum atomic E-state index is -1.00. The zero-order valence-electron chi connectivity index (χ0n) is 22.6. The summed E-state index contributed by atoms with van der Waals surface area (Å²) in [5.41, 5.74) is 2.69. The maximum atomic E-state index is 13.7. The Balaban J connectivity index is 1.43. The van der Waals surface area contributed by atoms with E-state index in [-0.39, 0.29) is 17.7 Å². The van der Waals surface area contributed by atoms with Crippen molar-refractivity contribution in [2.24, 2.45) is 0 Å². The largest absolute Gasteiger partial charge is 0.321 e. The molecule has 1 unspecified atom stereocenters. The van der Waals surface area contributed by atoms with Crippen LogP contribution in [0.2, 0.25) is 0 Å². The number of nitro groups is 1. The number of carbonyl (C=O) groups is 3. The van der Waals surface area contributed by atoms with Crippen LogP contribution in [0.4, 0.5) is 11.4 Å². The van der Waals surface area contributed by atoms with E-state index in [1.54, 1.807) is 23.5 Å². The lowest BCUT2D eigenvalue weighted by Gasteiger charge is -2.41. The molecule has 1 atom stereocenters. The summed E-state index contributed by atoms with van der Waals surface area (Å²) in [7, 11) is 0. The zero-order valence-corrected chi connectivity index (χ0v) is 23.4. The standard InChI is InChI=1S/C30H28N4O5S/c1-5-30(3,4)33(28(36)20-9-13-22(14-10-20)34(38)39)24-17-26(35)32(29(24)37)21-11-7-19(8-12-21)27-31-23-15-6-18(2)16-25(23)40-27/h6-16,24H,5,17H2,1-4H3. The number of amides is 3. The predicted molar refractivity (Wildman–Crippen MR) is 154 cm³/mol. The number of benzene rings is 3. The van der Waals surface area contributed by atoms with Gasteiger partial charge >= 0.3 is 0 Å². The van der Waals surface area contributed by atoms with Crippen LogP contribution in [-0.4, -0.2) is 44.1 Å². The van der Waals surface area contributed by atoms with E-state index in [0.717, 1.165) is 31.3 Å². The molecule has 10 heteroatoms. The number of hydrogen-bond donors (Lipinski definition) is 0. The molecule has 0 aliphatic carbocycles. The minimum Gasteiger partial charge on any atom is -0.321 e. The Hall–Kier alpha value is -4.44. The van der Waals surface area contributed by atoms with Gasteiger partial charge in [0.15, 0.2) is 0 Å². The summed E-state index contributed by atoms with van der Waals surface area (Å²) in [5.74, 6) is -1.34. The number of aromatic nitrogens is 1. The Kier molecular flexibility index (Phi) is 6.97. The average Bonchev–Trinajstić information content (AvgIpc) is 3.48. The van der Waals surface area contributed by atoms with Gasteiger partial charge in [0, 0.05) is 28.8 Å². The second-order valence-electron chi connectivity index (χ2n) is 10.5. The number of nitro benzene ring substituents is 1. The summed E-state index contributed by atoms with van der Waals surface area (Å²) in [4.78, 5) is 58.4. The summed E-state index contributed by atoms with van der Waals surface area (Å²) in [6.07, 6.45) is 0.375. The van der Waals surface area contributed by atoms with Crippen LogP contribution < -0.4 is 4.90 Å². The number of rotatable bonds is 7. The third kappa shape index (κ3) is 4.86. The van der Waals surface area contributed by atoms with Gasteiger partial charge in [-0.1, -0.05) is 13.0 Å². The third-order valence-corrected chi connectivity index (χ3v) is 8.48. The van der Waals surface area contributed by atoms with Crippen molar-refractivity contribution in [1.29, 1.82) is 0 Å². The fourth-order valence-corrected chi connectivity index (χ4v) is 5.94. The van der Waals surface area contributed by atoms with Gasteiger partial charge in [-0.2, -0.15) is 0 Å². The molecule has 204 valence electrons. The summed E-state index contributed by atoms with van der Waals surface area (Å²) in [5, 5.41) is 11.9. The molecule has 3 amide bonds. The molecular weight excluding hydrogens is 528 g/mol. The minimum absolute atomic E-state index is 0.138. The van der Waals surface area contributed by atoms with Gasteiger partial charge < -0.3 is 4.90 Å². The lowest BCUT2D eigenvalue weighted by Crippen LogP contribution is -2.55. The van der Waals surface area contributed by atoms with Crippen LogP contribution in [0.25, 0.3) is 20.8 Å². The number of fused-ring (bicyclic) bond motifs is 1. The molecule has 3 aromatic carbocycles. The normalized spacial score (nSPS) is 15.6. The van der Waals surface area contributed by atoms with E-state index in [1.165, 1.54) is 29.2 Å². The van der Waals surface area contributed by atoms with Gasteiger partial charge in [-0.15, -0.1) is 11.3 Å². The average molecular weight is 557 g/mol. The first-order chi connectivity index (χ1) is 19.0. The first kappa shape index (κ1) is 27.1. The van der Waals surface area contributed by atoms with Crippen molar-refractivity contribution in [1.82, 2.24) is 9.88 Å². The van der Waals surface area contributed by atoms with E-state index >= 15 is 0 Å². The van der Waals surface area contributed by atoms with E-state index in [9.17, 15) is 24.5 Å². The first-order valence-electron chi connectivity index (χ1n) is 12.9. The van der Waals surface area contributed by atoms with Crippen molar-refractivity contribution >= 4 is 50.6 Å². The van der Waals surface area contributed by atoms with E-state index in [4.69, 9.17) is 4.98 Å². The summed E-state index contributed by atoms with van der Waals surface area (Å²) in [6.45, 7) is 7.61. The van der Waals surface area contributed by atoms with Crippen LogP contribution in [0.3, 0.4) is 0 Å². The lowest BCUT2D eigenvalue weighted by molar-refractivity contribution is -0.384. The Labute approximate surface area is 235 Å². The highest BCUT2D eigenvalue weighted by Gasteiger charge is 2.48. The molecule has 40 heavy (non-hydrogen) atoms. The molecule has 2 heterocycles. The molecule has 1 aromatic heterocycles. The topological polar surface area (TPSA) is 114 Å². The molecule has 4 aromatic rings. The molecular formula is C30H28N4O5S. The van der Waals surface area contributed by atoms with Crippen molar-refractivity contribution in [3.63, 3.8) is 0 Å². The highest BCUT2D eigenvalue weighted by molar-refractivity contribution is 7.21. The van der Waals surface area contributed by atoms with E-state index in [2.05, 4.69) is 6.07 Å². The maximum Gasteiger partial charge on any atom is 0.269 e. The van der Waals surface area contributed by atoms with Gasteiger partial charge in [0.25, 0.3) is 17.5 Å². The van der Waals surface area contributed by atoms with Crippen LogP contribution in [0.15, 0.2) is 66.7 Å². The van der Waals surface area contributed by atoms with E-state index in [0.29, 0.717) is 12.1 Å². The number of anilines is 1. The number of thiazole rings is 1. The van der Waals surface area contributed by atoms with Crippen molar-refractivity contribution in [3.05, 3.63) is 88.0 Å². The molecule has 0 bridgehead atoms. The number of carbonyl (C=O) groups excluding carboxylic acids is 3. The first-order valence-corrected chi connectivity index (χ1v) is 13.7. The maximum absolute atomic E-state index is 13.7. The second kappa shape index (κ2) is 10.3. The monoisotopic (exact) mass is 556 g/mol. The quantitative estimate of drug-likeness (QED) is 0.153. The molecule has 5 rings (SSSR count). The number of hydrogen-bond acceptors (Lipinski definition) is 7. The molecule has 0 N–H and O–H groups in total. The fourth-order valence-electron chi connectivity index (χ4n) is 4.87. The molecule has 0 radical (unpaired) electrons. The second-order valence-corrected chi connectivity index (χ2v) is 11.5. The highest BCUT2D eigenvalue weighted by Crippen LogP contribution is 2.35. The molecule has 1 fully saturated rings. The van der Waals surface area contributed by atoms with Crippen LogP contribution in [0, 0.1) is 17.0 Å². The van der Waals surface area contributed by atoms with Gasteiger partial charge in [-0.25, -0.2) is 9.88 Å². The third-order valence-electron chi connectivity index (χ3n) is 7.41. The molecule has 9 nitrogen and oxygen atoms in total. The predicted octanol–water partition coefficient (Wildman–Crippen LogP) is 6.14. The van der Waals surface area contributed by atoms with E-state index < -0.39 is 34.2 Å². The lowest BCUT2D eigenvalue weighted by atomic mass is 9.94. The Morgan fingerprint density at radius 3 is 2.40 bits per heavy atom. The van der Waals surface area contributed by atoms with Gasteiger partial charge in [-0.05, 0) is 81.3 Å². The van der Waals surface area contributed by atoms with E-state index in [1.807, 2.05) is 52.0 Å². The molecule has 1 aliphatic heterocycles. The van der Waals surface area contributed by atoms with Crippen LogP contribution >= 0.6 is 11.3 Å². The number of imide groups is 1. The van der Waals surface area contributed by atoms with Crippen molar-refractivity contribution in [3.8, 4) is 10.6 Å². The van der Waals surface area contributed by atoms with Gasteiger partial charge in [-0.3, -0.25) is 24.5 Å². The van der Waals surface area contributed by atoms with Crippen molar-refractivity contribution in [2.45, 2.75) is 52.1 Å². The molecule has 0 spiro atoms. The number of nitrogens with zero attached hydrogens (tertiary/aromatic N) is 4. The molecule has 0 saturated carbocycles. The van der Waals surface area contributed by atoms with Crippen LogP contribution in [-0.2, 0) is 9.59 Å². The Bertz CT molecular complexity index is 1640. The summed E-state index contributed by atoms with van der Waals surface area (Å²) >= 11 is 1.58. The molecule has 1 saturated heterocycles. The number of aryl methyl sites for hydroxylation is 1. The summed E-state index contributed by atoms with van der Waals surface area (Å²) in [6, 6.07) is 17.5.